The Hall–Kier alpha value is -1.05. The number of unbranched alkanes of at least 4 members (excludes halogenated alkanes) is 1. The highest BCUT2D eigenvalue weighted by molar-refractivity contribution is 5.66. The minimum Gasteiger partial charge on any atom is -0.458 e. The van der Waals surface area contributed by atoms with E-state index >= 15 is 0 Å². The lowest BCUT2D eigenvalue weighted by Crippen LogP contribution is -2.17. The number of esters is 1. The van der Waals surface area contributed by atoms with E-state index in [1.807, 2.05) is 13.0 Å². The zero-order valence-corrected chi connectivity index (χ0v) is 9.38. The van der Waals surface area contributed by atoms with Crippen molar-refractivity contribution in [2.75, 3.05) is 0 Å². The van der Waals surface area contributed by atoms with Crippen molar-refractivity contribution in [3.05, 3.63) is 24.3 Å². The third kappa shape index (κ3) is 4.85. The van der Waals surface area contributed by atoms with Crippen LogP contribution in [0.25, 0.3) is 0 Å². The standard InChI is InChI=1S/C12H20O2/c1-5-8-9-12(14-10(4)13)11(6-2)7-3/h6-7,12H,2,5,8-9H2,1,3-4H3/b11-7+. The molecule has 0 N–H and O–H groups in total. The van der Waals surface area contributed by atoms with Crippen LogP contribution in [0.15, 0.2) is 24.3 Å². The van der Waals surface area contributed by atoms with Crippen molar-refractivity contribution in [1.82, 2.24) is 0 Å². The highest BCUT2D eigenvalue weighted by atomic mass is 16.5. The van der Waals surface area contributed by atoms with Gasteiger partial charge < -0.3 is 4.74 Å². The van der Waals surface area contributed by atoms with Gasteiger partial charge in [-0.25, -0.2) is 0 Å². The van der Waals surface area contributed by atoms with Gasteiger partial charge in [0.1, 0.15) is 6.10 Å². The fourth-order valence-electron chi connectivity index (χ4n) is 1.32. The van der Waals surface area contributed by atoms with Crippen LogP contribution >= 0.6 is 0 Å². The summed E-state index contributed by atoms with van der Waals surface area (Å²) in [5, 5.41) is 0. The van der Waals surface area contributed by atoms with Gasteiger partial charge in [0.05, 0.1) is 0 Å². The van der Waals surface area contributed by atoms with Crippen molar-refractivity contribution in [2.45, 2.75) is 46.1 Å². The van der Waals surface area contributed by atoms with Gasteiger partial charge in [0.2, 0.25) is 0 Å². The van der Waals surface area contributed by atoms with E-state index in [2.05, 4.69) is 13.5 Å². The van der Waals surface area contributed by atoms with Crippen LogP contribution in [0.3, 0.4) is 0 Å². The summed E-state index contributed by atoms with van der Waals surface area (Å²) < 4.78 is 5.22. The molecule has 0 aromatic heterocycles. The topological polar surface area (TPSA) is 26.3 Å². The van der Waals surface area contributed by atoms with Crippen molar-refractivity contribution < 1.29 is 9.53 Å². The van der Waals surface area contributed by atoms with E-state index < -0.39 is 0 Å². The first-order valence-corrected chi connectivity index (χ1v) is 5.11. The lowest BCUT2D eigenvalue weighted by molar-refractivity contribution is -0.144. The molecule has 0 saturated carbocycles. The molecule has 0 radical (unpaired) electrons. The second-order valence-electron chi connectivity index (χ2n) is 3.23. The lowest BCUT2D eigenvalue weighted by atomic mass is 10.0. The molecule has 14 heavy (non-hydrogen) atoms. The Morgan fingerprint density at radius 2 is 2.21 bits per heavy atom. The summed E-state index contributed by atoms with van der Waals surface area (Å²) in [6.07, 6.45) is 6.62. The van der Waals surface area contributed by atoms with Gasteiger partial charge in [-0.15, -0.1) is 0 Å². The lowest BCUT2D eigenvalue weighted by Gasteiger charge is -2.17. The Bertz CT molecular complexity index is 216. The molecular formula is C12H20O2. The molecule has 0 aromatic carbocycles. The summed E-state index contributed by atoms with van der Waals surface area (Å²) >= 11 is 0. The number of rotatable bonds is 6. The second-order valence-corrected chi connectivity index (χ2v) is 3.23. The molecule has 0 amide bonds. The Morgan fingerprint density at radius 1 is 1.57 bits per heavy atom. The van der Waals surface area contributed by atoms with Crippen molar-refractivity contribution in [3.63, 3.8) is 0 Å². The van der Waals surface area contributed by atoms with Crippen molar-refractivity contribution in [1.29, 1.82) is 0 Å². The van der Waals surface area contributed by atoms with Gasteiger partial charge >= 0.3 is 5.97 Å². The van der Waals surface area contributed by atoms with Crippen LogP contribution in [0.5, 0.6) is 0 Å². The third-order valence-corrected chi connectivity index (χ3v) is 2.07. The molecule has 80 valence electrons. The summed E-state index contributed by atoms with van der Waals surface area (Å²) in [6, 6.07) is 0. The maximum absolute atomic E-state index is 10.9. The molecular weight excluding hydrogens is 176 g/mol. The zero-order valence-electron chi connectivity index (χ0n) is 9.38. The van der Waals surface area contributed by atoms with E-state index in [0.717, 1.165) is 24.8 Å². The maximum atomic E-state index is 10.9. The molecule has 0 aliphatic carbocycles. The van der Waals surface area contributed by atoms with Gasteiger partial charge in [0, 0.05) is 6.92 Å². The van der Waals surface area contributed by atoms with Gasteiger partial charge in [-0.1, -0.05) is 32.1 Å². The predicted octanol–water partition coefficient (Wildman–Crippen LogP) is 3.24. The van der Waals surface area contributed by atoms with E-state index in [1.54, 1.807) is 6.08 Å². The largest absolute Gasteiger partial charge is 0.458 e. The van der Waals surface area contributed by atoms with E-state index in [-0.39, 0.29) is 12.1 Å². The molecule has 2 heteroatoms. The quantitative estimate of drug-likeness (QED) is 0.481. The molecule has 0 saturated heterocycles. The number of hydrogen-bond acceptors (Lipinski definition) is 2. The monoisotopic (exact) mass is 196 g/mol. The summed E-state index contributed by atoms with van der Waals surface area (Å²) in [4.78, 5) is 10.9. The molecule has 1 atom stereocenters. The van der Waals surface area contributed by atoms with Gasteiger partial charge in [0.25, 0.3) is 0 Å². The number of carbonyl (C=O) groups excluding carboxylic acids is 1. The van der Waals surface area contributed by atoms with Crippen molar-refractivity contribution >= 4 is 5.97 Å². The minimum atomic E-state index is -0.229. The summed E-state index contributed by atoms with van der Waals surface area (Å²) in [6.45, 7) is 9.20. The summed E-state index contributed by atoms with van der Waals surface area (Å²) in [5.41, 5.74) is 0.994. The first-order valence-electron chi connectivity index (χ1n) is 5.11. The van der Waals surface area contributed by atoms with Crippen molar-refractivity contribution in [2.24, 2.45) is 0 Å². The summed E-state index contributed by atoms with van der Waals surface area (Å²) in [7, 11) is 0. The molecule has 0 rings (SSSR count). The number of allylic oxidation sites excluding steroid dienone is 1. The molecule has 1 unspecified atom stereocenters. The van der Waals surface area contributed by atoms with Crippen LogP contribution in [0.4, 0.5) is 0 Å². The highest BCUT2D eigenvalue weighted by Crippen LogP contribution is 2.15. The number of carbonyl (C=O) groups is 1. The smallest absolute Gasteiger partial charge is 0.303 e. The first-order chi connectivity index (χ1) is 6.65. The molecule has 0 spiro atoms. The molecule has 0 aromatic rings. The van der Waals surface area contributed by atoms with Crippen LogP contribution < -0.4 is 0 Å². The van der Waals surface area contributed by atoms with E-state index in [4.69, 9.17) is 4.74 Å². The number of hydrogen-bond donors (Lipinski definition) is 0. The fourth-order valence-corrected chi connectivity index (χ4v) is 1.32. The SMILES string of the molecule is C=C/C(=C\C)C(CCCC)OC(C)=O. The maximum Gasteiger partial charge on any atom is 0.303 e. The van der Waals surface area contributed by atoms with E-state index in [9.17, 15) is 4.79 Å². The Balaban J connectivity index is 4.36. The minimum absolute atomic E-state index is 0.116. The average Bonchev–Trinajstić information content (AvgIpc) is 2.15. The third-order valence-electron chi connectivity index (χ3n) is 2.07. The van der Waals surface area contributed by atoms with Crippen LogP contribution in [-0.4, -0.2) is 12.1 Å². The second kappa shape index (κ2) is 7.36. The molecule has 0 bridgehead atoms. The van der Waals surface area contributed by atoms with Crippen LogP contribution in [0, 0.1) is 0 Å². The van der Waals surface area contributed by atoms with Gasteiger partial charge in [-0.05, 0) is 25.3 Å². The Kier molecular flexibility index (Phi) is 6.81. The van der Waals surface area contributed by atoms with E-state index in [1.165, 1.54) is 6.92 Å². The molecule has 2 nitrogen and oxygen atoms in total. The highest BCUT2D eigenvalue weighted by Gasteiger charge is 2.13. The molecule has 0 aliphatic rings. The van der Waals surface area contributed by atoms with E-state index in [0.29, 0.717) is 0 Å². The Labute approximate surface area is 86.6 Å². The Morgan fingerprint density at radius 3 is 2.57 bits per heavy atom. The van der Waals surface area contributed by atoms with Gasteiger partial charge in [-0.2, -0.15) is 0 Å². The molecule has 0 heterocycles. The number of ether oxygens (including phenoxy) is 1. The van der Waals surface area contributed by atoms with Crippen molar-refractivity contribution in [3.8, 4) is 0 Å². The van der Waals surface area contributed by atoms with Crippen LogP contribution in [0.1, 0.15) is 40.0 Å². The van der Waals surface area contributed by atoms with Gasteiger partial charge in [-0.3, -0.25) is 4.79 Å². The average molecular weight is 196 g/mol. The van der Waals surface area contributed by atoms with Crippen LogP contribution in [-0.2, 0) is 9.53 Å². The summed E-state index contributed by atoms with van der Waals surface area (Å²) in [5.74, 6) is -0.229. The molecule has 0 fully saturated rings. The van der Waals surface area contributed by atoms with Gasteiger partial charge in [0.15, 0.2) is 0 Å². The predicted molar refractivity (Wildman–Crippen MR) is 59.0 cm³/mol. The normalized spacial score (nSPS) is 13.5. The fraction of sp³-hybridized carbons (Fsp3) is 0.583. The molecule has 0 aliphatic heterocycles. The first kappa shape index (κ1) is 12.9. The van der Waals surface area contributed by atoms with Crippen LogP contribution in [0.2, 0.25) is 0 Å². The zero-order chi connectivity index (χ0) is 11.0.